The van der Waals surface area contributed by atoms with Crippen molar-refractivity contribution in [2.45, 2.75) is 13.0 Å². The van der Waals surface area contributed by atoms with Gasteiger partial charge < -0.3 is 13.8 Å². The van der Waals surface area contributed by atoms with Gasteiger partial charge in [-0.1, -0.05) is 22.8 Å². The number of aryl methyl sites for hydroxylation is 1. The van der Waals surface area contributed by atoms with E-state index in [-0.39, 0.29) is 6.10 Å². The maximum absolute atomic E-state index is 5.97. The number of imidazole rings is 1. The highest BCUT2D eigenvalue weighted by atomic mass is 35.5. The zero-order valence-electron chi connectivity index (χ0n) is 13.7. The van der Waals surface area contributed by atoms with Gasteiger partial charge in [-0.15, -0.1) is 0 Å². The number of nitrogens with zero attached hydrogens (tertiary/aromatic N) is 4. The van der Waals surface area contributed by atoms with Crippen molar-refractivity contribution in [3.05, 3.63) is 59.7 Å². The number of fused-ring (bicyclic) bond motifs is 1. The second-order valence-electron chi connectivity index (χ2n) is 5.73. The molecule has 25 heavy (non-hydrogen) atoms. The lowest BCUT2D eigenvalue weighted by atomic mass is 10.2. The molecule has 0 amide bonds. The molecule has 2 aromatic heterocycles. The second kappa shape index (κ2) is 6.22. The van der Waals surface area contributed by atoms with E-state index in [2.05, 4.69) is 15.1 Å². The number of halogens is 1. The summed E-state index contributed by atoms with van der Waals surface area (Å²) in [6.45, 7) is 1.85. The molecule has 0 bridgehead atoms. The number of rotatable bonds is 4. The van der Waals surface area contributed by atoms with Gasteiger partial charge in [-0.25, -0.2) is 4.98 Å². The van der Waals surface area contributed by atoms with Crippen LogP contribution in [0.2, 0.25) is 5.02 Å². The van der Waals surface area contributed by atoms with Crippen molar-refractivity contribution in [3.8, 4) is 17.1 Å². The maximum atomic E-state index is 5.97. The molecule has 2 aromatic carbocycles. The van der Waals surface area contributed by atoms with Crippen LogP contribution < -0.4 is 4.74 Å². The Morgan fingerprint density at radius 1 is 1.20 bits per heavy atom. The largest absolute Gasteiger partial charge is 0.481 e. The summed E-state index contributed by atoms with van der Waals surface area (Å²) < 4.78 is 13.1. The van der Waals surface area contributed by atoms with Crippen LogP contribution in [0.3, 0.4) is 0 Å². The summed E-state index contributed by atoms with van der Waals surface area (Å²) in [4.78, 5) is 8.76. The third-order valence-corrected chi connectivity index (χ3v) is 4.12. The van der Waals surface area contributed by atoms with Gasteiger partial charge in [0.05, 0.1) is 17.4 Å². The Kier molecular flexibility index (Phi) is 3.89. The van der Waals surface area contributed by atoms with Crippen LogP contribution in [0.15, 0.2) is 53.3 Å². The average Bonchev–Trinajstić information content (AvgIpc) is 3.22. The molecule has 0 spiro atoms. The average molecular weight is 355 g/mol. The molecule has 0 aliphatic heterocycles. The number of ether oxygens (including phenoxy) is 1. The molecular formula is C18H15ClN4O2. The minimum Gasteiger partial charge on any atom is -0.481 e. The zero-order valence-corrected chi connectivity index (χ0v) is 14.4. The van der Waals surface area contributed by atoms with Crippen LogP contribution in [0, 0.1) is 0 Å². The van der Waals surface area contributed by atoms with E-state index in [1.807, 2.05) is 48.9 Å². The molecule has 7 heteroatoms. The van der Waals surface area contributed by atoms with Crippen LogP contribution in [-0.4, -0.2) is 19.7 Å². The van der Waals surface area contributed by atoms with Gasteiger partial charge in [-0.2, -0.15) is 4.98 Å². The molecule has 0 N–H and O–H groups in total. The van der Waals surface area contributed by atoms with Crippen LogP contribution in [-0.2, 0) is 7.05 Å². The SMILES string of the molecule is C[C@H](Oc1cccc(Cl)c1)c1nc(-c2ccc3ncn(C)c3c2)no1. The van der Waals surface area contributed by atoms with E-state index in [4.69, 9.17) is 20.9 Å². The van der Waals surface area contributed by atoms with Gasteiger partial charge in [-0.3, -0.25) is 0 Å². The first-order valence-corrected chi connectivity index (χ1v) is 8.15. The molecule has 0 radical (unpaired) electrons. The minimum absolute atomic E-state index is 0.389. The van der Waals surface area contributed by atoms with E-state index >= 15 is 0 Å². The minimum atomic E-state index is -0.389. The first-order valence-electron chi connectivity index (χ1n) is 7.77. The summed E-state index contributed by atoms with van der Waals surface area (Å²) >= 11 is 5.97. The molecule has 6 nitrogen and oxygen atoms in total. The Morgan fingerprint density at radius 2 is 2.08 bits per heavy atom. The van der Waals surface area contributed by atoms with E-state index in [0.717, 1.165) is 16.6 Å². The van der Waals surface area contributed by atoms with E-state index in [1.54, 1.807) is 18.5 Å². The van der Waals surface area contributed by atoms with Crippen LogP contribution >= 0.6 is 11.6 Å². The van der Waals surface area contributed by atoms with E-state index in [0.29, 0.717) is 22.5 Å². The van der Waals surface area contributed by atoms with Gasteiger partial charge in [0.15, 0.2) is 6.10 Å². The normalized spacial score (nSPS) is 12.4. The lowest BCUT2D eigenvalue weighted by Crippen LogP contribution is -2.03. The zero-order chi connectivity index (χ0) is 17.4. The van der Waals surface area contributed by atoms with Gasteiger partial charge in [0.2, 0.25) is 5.82 Å². The molecule has 126 valence electrons. The van der Waals surface area contributed by atoms with Crippen molar-refractivity contribution in [1.29, 1.82) is 0 Å². The van der Waals surface area contributed by atoms with Gasteiger partial charge in [0.25, 0.3) is 5.89 Å². The molecule has 0 aliphatic carbocycles. The fourth-order valence-electron chi connectivity index (χ4n) is 2.58. The smallest absolute Gasteiger partial charge is 0.267 e. The maximum Gasteiger partial charge on any atom is 0.267 e. The van der Waals surface area contributed by atoms with Crippen molar-refractivity contribution < 1.29 is 9.26 Å². The molecule has 0 saturated carbocycles. The third-order valence-electron chi connectivity index (χ3n) is 3.88. The predicted molar refractivity (Wildman–Crippen MR) is 94.5 cm³/mol. The van der Waals surface area contributed by atoms with Gasteiger partial charge in [0, 0.05) is 17.6 Å². The molecule has 0 aliphatic rings. The fraction of sp³-hybridized carbons (Fsp3) is 0.167. The number of hydrogen-bond donors (Lipinski definition) is 0. The predicted octanol–water partition coefficient (Wildman–Crippen LogP) is 4.42. The lowest BCUT2D eigenvalue weighted by Gasteiger charge is -2.10. The number of benzene rings is 2. The summed E-state index contributed by atoms with van der Waals surface area (Å²) in [6.07, 6.45) is 1.39. The van der Waals surface area contributed by atoms with Gasteiger partial charge in [0.1, 0.15) is 5.75 Å². The second-order valence-corrected chi connectivity index (χ2v) is 6.17. The molecular weight excluding hydrogens is 340 g/mol. The van der Waals surface area contributed by atoms with Crippen LogP contribution in [0.5, 0.6) is 5.75 Å². The first-order chi connectivity index (χ1) is 12.1. The van der Waals surface area contributed by atoms with Crippen molar-refractivity contribution >= 4 is 22.6 Å². The highest BCUT2D eigenvalue weighted by molar-refractivity contribution is 6.30. The lowest BCUT2D eigenvalue weighted by molar-refractivity contribution is 0.176. The van der Waals surface area contributed by atoms with Gasteiger partial charge >= 0.3 is 0 Å². The molecule has 0 saturated heterocycles. The summed E-state index contributed by atoms with van der Waals surface area (Å²) in [6, 6.07) is 13.0. The van der Waals surface area contributed by atoms with Crippen LogP contribution in [0.25, 0.3) is 22.4 Å². The number of aromatic nitrogens is 4. The molecule has 4 aromatic rings. The first kappa shape index (κ1) is 15.7. The Hall–Kier alpha value is -2.86. The summed E-state index contributed by atoms with van der Waals surface area (Å²) in [5.74, 6) is 1.57. The highest BCUT2D eigenvalue weighted by Gasteiger charge is 2.17. The standard InChI is InChI=1S/C18H15ClN4O2/c1-11(24-14-5-3-4-13(19)9-14)18-21-17(22-25-18)12-6-7-15-16(8-12)23(2)10-20-15/h3-11H,1-2H3/t11-/m0/s1. The summed E-state index contributed by atoms with van der Waals surface area (Å²) in [5.41, 5.74) is 2.79. The fourth-order valence-corrected chi connectivity index (χ4v) is 2.76. The van der Waals surface area contributed by atoms with E-state index < -0.39 is 0 Å². The van der Waals surface area contributed by atoms with E-state index in [9.17, 15) is 0 Å². The quantitative estimate of drug-likeness (QED) is 0.543. The Balaban J connectivity index is 1.59. The topological polar surface area (TPSA) is 66.0 Å². The van der Waals surface area contributed by atoms with Crippen molar-refractivity contribution in [2.24, 2.45) is 7.05 Å². The Labute approximate surface area is 149 Å². The monoisotopic (exact) mass is 354 g/mol. The van der Waals surface area contributed by atoms with Crippen molar-refractivity contribution in [3.63, 3.8) is 0 Å². The van der Waals surface area contributed by atoms with Crippen LogP contribution in [0.1, 0.15) is 18.9 Å². The molecule has 1 atom stereocenters. The molecule has 0 fully saturated rings. The van der Waals surface area contributed by atoms with Crippen LogP contribution in [0.4, 0.5) is 0 Å². The summed E-state index contributed by atoms with van der Waals surface area (Å²) in [5, 5.41) is 4.68. The molecule has 2 heterocycles. The number of hydrogen-bond acceptors (Lipinski definition) is 5. The third kappa shape index (κ3) is 3.08. The molecule has 4 rings (SSSR count). The van der Waals surface area contributed by atoms with Gasteiger partial charge in [-0.05, 0) is 43.3 Å². The Bertz CT molecular complexity index is 1040. The highest BCUT2D eigenvalue weighted by Crippen LogP contribution is 2.26. The van der Waals surface area contributed by atoms with E-state index in [1.165, 1.54) is 0 Å². The van der Waals surface area contributed by atoms with Crippen molar-refractivity contribution in [2.75, 3.05) is 0 Å². The molecule has 0 unspecified atom stereocenters. The van der Waals surface area contributed by atoms with Crippen molar-refractivity contribution in [1.82, 2.24) is 19.7 Å². The summed E-state index contributed by atoms with van der Waals surface area (Å²) in [7, 11) is 1.95. The Morgan fingerprint density at radius 3 is 2.92 bits per heavy atom.